The highest BCUT2D eigenvalue weighted by Crippen LogP contribution is 2.16. The molecule has 0 aliphatic rings. The zero-order valence-corrected chi connectivity index (χ0v) is 11.8. The number of aromatic nitrogens is 1. The highest BCUT2D eigenvalue weighted by molar-refractivity contribution is 5.75. The normalized spacial score (nSPS) is 11.9. The van der Waals surface area contributed by atoms with Gasteiger partial charge in [-0.25, -0.2) is 0 Å². The minimum absolute atomic E-state index is 0.0554. The van der Waals surface area contributed by atoms with Gasteiger partial charge >= 0.3 is 0 Å². The molecule has 1 aromatic carbocycles. The fourth-order valence-corrected chi connectivity index (χ4v) is 2.08. The van der Waals surface area contributed by atoms with Crippen LogP contribution < -0.4 is 10.9 Å². The Morgan fingerprint density at radius 2 is 1.95 bits per heavy atom. The first-order valence-electron chi connectivity index (χ1n) is 6.73. The summed E-state index contributed by atoms with van der Waals surface area (Å²) in [5.41, 5.74) is 1.53. The van der Waals surface area contributed by atoms with Gasteiger partial charge in [0.25, 0.3) is 5.56 Å². The van der Waals surface area contributed by atoms with E-state index in [0.29, 0.717) is 0 Å². The van der Waals surface area contributed by atoms with Crippen molar-refractivity contribution in [3.63, 3.8) is 0 Å². The molecule has 2 rings (SSSR count). The number of nitrogens with one attached hydrogen (secondary N) is 1. The van der Waals surface area contributed by atoms with E-state index in [-0.39, 0.29) is 24.6 Å². The number of hydrogen-bond acceptors (Lipinski definition) is 3. The maximum absolute atomic E-state index is 11.8. The molecular formula is C16H18N2O3. The SMILES string of the molecule is Cc1ccccc1C(O)CNC(=O)Cn1ccccc1=O. The second-order valence-corrected chi connectivity index (χ2v) is 4.84. The Labute approximate surface area is 122 Å². The molecule has 0 bridgehead atoms. The number of pyridine rings is 1. The summed E-state index contributed by atoms with van der Waals surface area (Å²) in [4.78, 5) is 23.3. The van der Waals surface area contributed by atoms with Gasteiger partial charge in [-0.15, -0.1) is 0 Å². The van der Waals surface area contributed by atoms with Crippen molar-refractivity contribution in [3.8, 4) is 0 Å². The number of hydrogen-bond donors (Lipinski definition) is 2. The smallest absolute Gasteiger partial charge is 0.250 e. The van der Waals surface area contributed by atoms with Crippen LogP contribution >= 0.6 is 0 Å². The molecule has 21 heavy (non-hydrogen) atoms. The molecule has 5 nitrogen and oxygen atoms in total. The number of aliphatic hydroxyl groups excluding tert-OH is 1. The molecule has 0 fully saturated rings. The molecule has 1 unspecified atom stereocenters. The number of carbonyl (C=O) groups is 1. The summed E-state index contributed by atoms with van der Waals surface area (Å²) in [7, 11) is 0. The second-order valence-electron chi connectivity index (χ2n) is 4.84. The van der Waals surface area contributed by atoms with Gasteiger partial charge in [0.05, 0.1) is 6.10 Å². The van der Waals surface area contributed by atoms with Gasteiger partial charge in [-0.2, -0.15) is 0 Å². The standard InChI is InChI=1S/C16H18N2O3/c1-12-6-2-3-7-13(12)14(19)10-17-15(20)11-18-9-5-4-8-16(18)21/h2-9,14,19H,10-11H2,1H3,(H,17,20). The van der Waals surface area contributed by atoms with E-state index in [4.69, 9.17) is 0 Å². The third-order valence-electron chi connectivity index (χ3n) is 3.25. The Kier molecular flexibility index (Phi) is 4.90. The molecule has 2 aromatic rings. The molecule has 1 amide bonds. The predicted molar refractivity (Wildman–Crippen MR) is 79.9 cm³/mol. The molecule has 0 aliphatic carbocycles. The van der Waals surface area contributed by atoms with E-state index < -0.39 is 6.10 Å². The Balaban J connectivity index is 1.91. The number of aliphatic hydroxyl groups is 1. The Bertz CT molecular complexity index is 679. The molecule has 0 spiro atoms. The van der Waals surface area contributed by atoms with E-state index in [2.05, 4.69) is 5.32 Å². The van der Waals surface area contributed by atoms with Crippen LogP contribution in [0.15, 0.2) is 53.5 Å². The quantitative estimate of drug-likeness (QED) is 0.861. The van der Waals surface area contributed by atoms with Gasteiger partial charge in [-0.3, -0.25) is 9.59 Å². The highest BCUT2D eigenvalue weighted by atomic mass is 16.3. The molecule has 0 saturated carbocycles. The maximum Gasteiger partial charge on any atom is 0.250 e. The fourth-order valence-electron chi connectivity index (χ4n) is 2.08. The predicted octanol–water partition coefficient (Wildman–Crippen LogP) is 1.01. The van der Waals surface area contributed by atoms with Crippen LogP contribution in [0.4, 0.5) is 0 Å². The van der Waals surface area contributed by atoms with Gasteiger partial charge in [-0.1, -0.05) is 30.3 Å². The van der Waals surface area contributed by atoms with Crippen molar-refractivity contribution >= 4 is 5.91 Å². The third kappa shape index (κ3) is 4.03. The first-order chi connectivity index (χ1) is 10.1. The maximum atomic E-state index is 11.8. The van der Waals surface area contributed by atoms with Gasteiger partial charge in [0.2, 0.25) is 5.91 Å². The van der Waals surface area contributed by atoms with E-state index in [0.717, 1.165) is 11.1 Å². The average molecular weight is 286 g/mol. The molecule has 1 atom stereocenters. The minimum atomic E-state index is -0.761. The van der Waals surface area contributed by atoms with Gasteiger partial charge < -0.3 is 15.0 Å². The van der Waals surface area contributed by atoms with Crippen molar-refractivity contribution < 1.29 is 9.90 Å². The molecule has 2 N–H and O–H groups in total. The summed E-state index contributed by atoms with van der Waals surface area (Å²) >= 11 is 0. The number of amides is 1. The number of carbonyl (C=O) groups excluding carboxylic acids is 1. The lowest BCUT2D eigenvalue weighted by atomic mass is 10.0. The lowest BCUT2D eigenvalue weighted by Gasteiger charge is -2.14. The van der Waals surface area contributed by atoms with Crippen LogP contribution in [0.25, 0.3) is 0 Å². The number of benzene rings is 1. The zero-order chi connectivity index (χ0) is 15.2. The summed E-state index contributed by atoms with van der Waals surface area (Å²) in [6.07, 6.45) is 0.794. The van der Waals surface area contributed by atoms with Crippen LogP contribution in [-0.2, 0) is 11.3 Å². The van der Waals surface area contributed by atoms with E-state index in [9.17, 15) is 14.7 Å². The Morgan fingerprint density at radius 1 is 1.24 bits per heavy atom. The van der Waals surface area contributed by atoms with Crippen LogP contribution in [0.5, 0.6) is 0 Å². The molecule has 0 saturated heterocycles. The Morgan fingerprint density at radius 3 is 2.67 bits per heavy atom. The van der Waals surface area contributed by atoms with Gasteiger partial charge in [-0.05, 0) is 24.1 Å². The first kappa shape index (κ1) is 15.0. The van der Waals surface area contributed by atoms with Gasteiger partial charge in [0.15, 0.2) is 0 Å². The van der Waals surface area contributed by atoms with Crippen LogP contribution in [0.3, 0.4) is 0 Å². The van der Waals surface area contributed by atoms with Crippen molar-refractivity contribution in [2.75, 3.05) is 6.54 Å². The number of aryl methyl sites for hydroxylation is 1. The van der Waals surface area contributed by atoms with Crippen molar-refractivity contribution in [1.29, 1.82) is 0 Å². The van der Waals surface area contributed by atoms with Crippen molar-refractivity contribution in [1.82, 2.24) is 9.88 Å². The lowest BCUT2D eigenvalue weighted by Crippen LogP contribution is -2.34. The molecule has 0 radical (unpaired) electrons. The lowest BCUT2D eigenvalue weighted by molar-refractivity contribution is -0.122. The number of nitrogens with zero attached hydrogens (tertiary/aromatic N) is 1. The summed E-state index contributed by atoms with van der Waals surface area (Å²) < 4.78 is 1.31. The minimum Gasteiger partial charge on any atom is -0.387 e. The van der Waals surface area contributed by atoms with Crippen LogP contribution in [-0.4, -0.2) is 22.1 Å². The molecule has 110 valence electrons. The topological polar surface area (TPSA) is 71.3 Å². The molecular weight excluding hydrogens is 268 g/mol. The van der Waals surface area contributed by atoms with Crippen LogP contribution in [0.1, 0.15) is 17.2 Å². The van der Waals surface area contributed by atoms with Crippen molar-refractivity contribution in [2.24, 2.45) is 0 Å². The van der Waals surface area contributed by atoms with Gasteiger partial charge in [0, 0.05) is 18.8 Å². The molecule has 1 heterocycles. The molecule has 1 aromatic heterocycles. The summed E-state index contributed by atoms with van der Waals surface area (Å²) in [6.45, 7) is 1.97. The van der Waals surface area contributed by atoms with E-state index >= 15 is 0 Å². The van der Waals surface area contributed by atoms with E-state index in [1.807, 2.05) is 31.2 Å². The first-order valence-corrected chi connectivity index (χ1v) is 6.73. The van der Waals surface area contributed by atoms with E-state index in [1.165, 1.54) is 10.6 Å². The van der Waals surface area contributed by atoms with Crippen LogP contribution in [0.2, 0.25) is 0 Å². The summed E-state index contributed by atoms with van der Waals surface area (Å²) in [6, 6.07) is 12.2. The fraction of sp³-hybridized carbons (Fsp3) is 0.250. The highest BCUT2D eigenvalue weighted by Gasteiger charge is 2.11. The number of rotatable bonds is 5. The molecule has 0 aliphatic heterocycles. The average Bonchev–Trinajstić information content (AvgIpc) is 2.48. The monoisotopic (exact) mass is 286 g/mol. The van der Waals surface area contributed by atoms with Crippen molar-refractivity contribution in [2.45, 2.75) is 19.6 Å². The van der Waals surface area contributed by atoms with Crippen LogP contribution in [0, 0.1) is 6.92 Å². The Hall–Kier alpha value is -2.40. The zero-order valence-electron chi connectivity index (χ0n) is 11.8. The summed E-state index contributed by atoms with van der Waals surface area (Å²) in [5, 5.41) is 12.7. The van der Waals surface area contributed by atoms with Crippen molar-refractivity contribution in [3.05, 3.63) is 70.1 Å². The molecule has 5 heteroatoms. The van der Waals surface area contributed by atoms with E-state index in [1.54, 1.807) is 18.3 Å². The summed E-state index contributed by atoms with van der Waals surface area (Å²) in [5.74, 6) is -0.309. The van der Waals surface area contributed by atoms with Gasteiger partial charge in [0.1, 0.15) is 6.54 Å². The second kappa shape index (κ2) is 6.85. The largest absolute Gasteiger partial charge is 0.387 e. The third-order valence-corrected chi connectivity index (χ3v) is 3.25.